The Hall–Kier alpha value is -1.93. The van der Waals surface area contributed by atoms with Crippen LogP contribution in [0.15, 0.2) is 30.5 Å². The van der Waals surface area contributed by atoms with E-state index in [4.69, 9.17) is 16.3 Å². The number of rotatable bonds is 11. The lowest BCUT2D eigenvalue weighted by molar-refractivity contribution is -0.153. The van der Waals surface area contributed by atoms with Gasteiger partial charge in [0.05, 0.1) is 12.1 Å². The van der Waals surface area contributed by atoms with E-state index in [9.17, 15) is 4.79 Å². The number of halogens is 1. The maximum atomic E-state index is 11.7. The fourth-order valence-corrected chi connectivity index (χ4v) is 4.20. The van der Waals surface area contributed by atoms with Crippen molar-refractivity contribution < 1.29 is 9.53 Å². The number of anilines is 1. The molecule has 1 aliphatic rings. The van der Waals surface area contributed by atoms with Gasteiger partial charge in [-0.25, -0.2) is 0 Å². The molecule has 0 bridgehead atoms. The van der Waals surface area contributed by atoms with E-state index >= 15 is 0 Å². The predicted octanol–water partition coefficient (Wildman–Crippen LogP) is 3.63. The van der Waals surface area contributed by atoms with Gasteiger partial charge in [-0.2, -0.15) is 0 Å². The summed E-state index contributed by atoms with van der Waals surface area (Å²) in [5.74, 6) is -0.188. The Morgan fingerprint density at radius 1 is 1.06 bits per heavy atom. The van der Waals surface area contributed by atoms with Gasteiger partial charge in [0.1, 0.15) is 5.60 Å². The molecule has 7 nitrogen and oxygen atoms in total. The first-order chi connectivity index (χ1) is 15.8. The minimum atomic E-state index is -0.420. The van der Waals surface area contributed by atoms with Crippen LogP contribution in [0.3, 0.4) is 0 Å². The number of nitrogens with one attached hydrogen (secondary N) is 2. The summed E-state index contributed by atoms with van der Waals surface area (Å²) in [6.45, 7) is 14.3. The molecule has 33 heavy (non-hydrogen) atoms. The number of benzene rings is 1. The number of carbonyl (C=O) groups excluding carboxylic acids is 1. The second kappa shape index (κ2) is 12.5. The molecular weight excluding hydrogens is 438 g/mol. The van der Waals surface area contributed by atoms with Crippen molar-refractivity contribution in [2.45, 2.75) is 39.2 Å². The first kappa shape index (κ1) is 25.7. The van der Waals surface area contributed by atoms with Crippen LogP contribution in [-0.4, -0.2) is 85.3 Å². The van der Waals surface area contributed by atoms with Crippen LogP contribution in [0.1, 0.15) is 33.6 Å². The Morgan fingerprint density at radius 3 is 2.39 bits per heavy atom. The number of aromatic nitrogens is 1. The van der Waals surface area contributed by atoms with Crippen molar-refractivity contribution in [2.24, 2.45) is 0 Å². The van der Waals surface area contributed by atoms with E-state index < -0.39 is 5.60 Å². The second-order valence-electron chi connectivity index (χ2n) is 9.60. The van der Waals surface area contributed by atoms with Crippen molar-refractivity contribution in [3.8, 4) is 0 Å². The molecule has 1 aliphatic heterocycles. The number of nitrogens with zero attached hydrogens (tertiary/aromatic N) is 3. The van der Waals surface area contributed by atoms with Crippen LogP contribution in [-0.2, 0) is 9.53 Å². The number of hydrogen-bond donors (Lipinski definition) is 2. The third kappa shape index (κ3) is 9.08. The van der Waals surface area contributed by atoms with Gasteiger partial charge < -0.3 is 25.2 Å². The van der Waals surface area contributed by atoms with Crippen molar-refractivity contribution in [3.05, 3.63) is 35.5 Å². The Labute approximate surface area is 202 Å². The van der Waals surface area contributed by atoms with E-state index in [-0.39, 0.29) is 12.5 Å². The van der Waals surface area contributed by atoms with Crippen molar-refractivity contribution in [2.75, 3.05) is 64.2 Å². The maximum Gasteiger partial charge on any atom is 0.320 e. The summed E-state index contributed by atoms with van der Waals surface area (Å²) in [6.07, 6.45) is 3.97. The molecule has 0 saturated carbocycles. The summed E-state index contributed by atoms with van der Waals surface area (Å²) in [7, 11) is 0. The Bertz CT molecular complexity index is 894. The topological polar surface area (TPSA) is 69.7 Å². The van der Waals surface area contributed by atoms with E-state index in [1.165, 1.54) is 0 Å². The van der Waals surface area contributed by atoms with Crippen LogP contribution in [0.4, 0.5) is 5.69 Å². The van der Waals surface area contributed by atoms with Gasteiger partial charge in [0.15, 0.2) is 0 Å². The fraction of sp³-hybridized carbons (Fsp3) is 0.600. The molecule has 3 rings (SSSR count). The quantitative estimate of drug-likeness (QED) is 0.380. The summed E-state index contributed by atoms with van der Waals surface area (Å²) in [5.41, 5.74) is 1.61. The predicted molar refractivity (Wildman–Crippen MR) is 136 cm³/mol. The molecule has 1 aromatic carbocycles. The highest BCUT2D eigenvalue weighted by atomic mass is 35.5. The third-order valence-electron chi connectivity index (χ3n) is 5.65. The molecule has 2 aromatic rings. The molecule has 0 amide bonds. The van der Waals surface area contributed by atoms with Crippen LogP contribution >= 0.6 is 11.6 Å². The molecule has 8 heteroatoms. The van der Waals surface area contributed by atoms with Crippen LogP contribution in [0.25, 0.3) is 10.9 Å². The summed E-state index contributed by atoms with van der Waals surface area (Å²) in [6, 6.07) is 7.86. The van der Waals surface area contributed by atoms with Gasteiger partial charge in [-0.1, -0.05) is 11.6 Å². The van der Waals surface area contributed by atoms with Crippen molar-refractivity contribution in [1.29, 1.82) is 0 Å². The summed E-state index contributed by atoms with van der Waals surface area (Å²) < 4.78 is 5.31. The molecule has 1 fully saturated rings. The van der Waals surface area contributed by atoms with Crippen molar-refractivity contribution >= 4 is 34.2 Å². The minimum absolute atomic E-state index is 0.188. The highest BCUT2D eigenvalue weighted by Gasteiger charge is 2.17. The highest BCUT2D eigenvalue weighted by molar-refractivity contribution is 6.31. The van der Waals surface area contributed by atoms with Gasteiger partial charge in [-0.15, -0.1) is 0 Å². The van der Waals surface area contributed by atoms with E-state index in [2.05, 4.69) is 25.4 Å². The van der Waals surface area contributed by atoms with Crippen molar-refractivity contribution in [1.82, 2.24) is 20.1 Å². The maximum absolute atomic E-state index is 11.7. The number of piperazine rings is 1. The van der Waals surface area contributed by atoms with Crippen LogP contribution in [0.2, 0.25) is 5.02 Å². The molecule has 0 atom stereocenters. The third-order valence-corrected chi connectivity index (χ3v) is 5.89. The molecule has 0 aliphatic carbocycles. The molecular formula is C25H38ClN5O2. The SMILES string of the molecule is CC(C)(C)OC(=O)CNCCCN1CCN(CCCNc2ccnc3cc(Cl)ccc23)CC1. The van der Waals surface area contributed by atoms with Gasteiger partial charge in [0.25, 0.3) is 0 Å². The van der Waals surface area contributed by atoms with E-state index in [0.29, 0.717) is 5.02 Å². The average Bonchev–Trinajstić information content (AvgIpc) is 2.76. The Balaban J connectivity index is 1.25. The molecule has 0 spiro atoms. The van der Waals surface area contributed by atoms with Gasteiger partial charge in [0, 0.05) is 55.0 Å². The van der Waals surface area contributed by atoms with Crippen LogP contribution in [0.5, 0.6) is 0 Å². The zero-order valence-corrected chi connectivity index (χ0v) is 21.0. The van der Waals surface area contributed by atoms with E-state index in [1.54, 1.807) is 0 Å². The first-order valence-corrected chi connectivity index (χ1v) is 12.3. The lowest BCUT2D eigenvalue weighted by Crippen LogP contribution is -2.47. The second-order valence-corrected chi connectivity index (χ2v) is 10.0. The number of fused-ring (bicyclic) bond motifs is 1. The smallest absolute Gasteiger partial charge is 0.320 e. The van der Waals surface area contributed by atoms with Gasteiger partial charge in [-0.3, -0.25) is 9.78 Å². The highest BCUT2D eigenvalue weighted by Crippen LogP contribution is 2.24. The van der Waals surface area contributed by atoms with Gasteiger partial charge in [0.2, 0.25) is 0 Å². The lowest BCUT2D eigenvalue weighted by atomic mass is 10.2. The van der Waals surface area contributed by atoms with Gasteiger partial charge >= 0.3 is 5.97 Å². The lowest BCUT2D eigenvalue weighted by Gasteiger charge is -2.34. The molecule has 0 radical (unpaired) electrons. The average molecular weight is 476 g/mol. The molecule has 2 heterocycles. The number of pyridine rings is 1. The number of carbonyl (C=O) groups is 1. The molecule has 2 N–H and O–H groups in total. The molecule has 0 unspecified atom stereocenters. The largest absolute Gasteiger partial charge is 0.459 e. The minimum Gasteiger partial charge on any atom is -0.459 e. The van der Waals surface area contributed by atoms with Crippen LogP contribution < -0.4 is 10.6 Å². The zero-order chi connectivity index (χ0) is 23.7. The van der Waals surface area contributed by atoms with E-state index in [1.807, 2.05) is 51.2 Å². The van der Waals surface area contributed by atoms with E-state index in [0.717, 1.165) is 81.8 Å². The number of esters is 1. The molecule has 1 aromatic heterocycles. The summed E-state index contributed by atoms with van der Waals surface area (Å²) in [5, 5.41) is 8.56. The molecule has 182 valence electrons. The van der Waals surface area contributed by atoms with Gasteiger partial charge in [-0.05, 0) is 77.5 Å². The van der Waals surface area contributed by atoms with Crippen molar-refractivity contribution in [3.63, 3.8) is 0 Å². The normalized spacial score (nSPS) is 15.6. The Kier molecular flexibility index (Phi) is 9.74. The monoisotopic (exact) mass is 475 g/mol. The summed E-state index contributed by atoms with van der Waals surface area (Å²) >= 11 is 6.08. The standard InChI is InChI=1S/C25H38ClN5O2/c1-25(2,3)33-24(32)19-27-9-4-12-30-14-16-31(17-15-30)13-5-10-28-22-8-11-29-23-18-20(26)6-7-21(22)23/h6-8,11,18,27H,4-5,9-10,12-17,19H2,1-3H3,(H,28,29). The number of hydrogen-bond acceptors (Lipinski definition) is 7. The first-order valence-electron chi connectivity index (χ1n) is 12.0. The number of ether oxygens (including phenoxy) is 1. The summed E-state index contributed by atoms with van der Waals surface area (Å²) in [4.78, 5) is 21.2. The fourth-order valence-electron chi connectivity index (χ4n) is 4.03. The van der Waals surface area contributed by atoms with Crippen LogP contribution in [0, 0.1) is 0 Å². The Morgan fingerprint density at radius 2 is 1.73 bits per heavy atom. The zero-order valence-electron chi connectivity index (χ0n) is 20.2. The molecule has 1 saturated heterocycles.